The lowest BCUT2D eigenvalue weighted by Crippen LogP contribution is -2.01. The summed E-state index contributed by atoms with van der Waals surface area (Å²) >= 11 is 9.42. The van der Waals surface area contributed by atoms with E-state index in [0.717, 1.165) is 21.4 Å². The van der Waals surface area contributed by atoms with Gasteiger partial charge in [0.15, 0.2) is 0 Å². The molecule has 3 nitrogen and oxygen atoms in total. The fourth-order valence-corrected chi connectivity index (χ4v) is 2.46. The summed E-state index contributed by atoms with van der Waals surface area (Å²) in [6.07, 6.45) is 0. The van der Waals surface area contributed by atoms with Crippen LogP contribution in [0.25, 0.3) is 16.9 Å². The highest BCUT2D eigenvalue weighted by Crippen LogP contribution is 2.29. The van der Waals surface area contributed by atoms with Crippen LogP contribution < -0.4 is 5.73 Å². The molecule has 0 fully saturated rings. The van der Waals surface area contributed by atoms with Gasteiger partial charge in [-0.05, 0) is 40.2 Å². The summed E-state index contributed by atoms with van der Waals surface area (Å²) in [5.74, 6) is 0.595. The molecule has 1 aromatic heterocycles. The maximum absolute atomic E-state index is 6.04. The van der Waals surface area contributed by atoms with Gasteiger partial charge >= 0.3 is 0 Å². The SMILES string of the molecule is Nc1cc(-c2ccc(Cl)c(Br)c2)nn1-c1ccccc1. The monoisotopic (exact) mass is 347 g/mol. The third-order valence-electron chi connectivity index (χ3n) is 2.95. The summed E-state index contributed by atoms with van der Waals surface area (Å²) in [5.41, 5.74) is 8.75. The van der Waals surface area contributed by atoms with Crippen molar-refractivity contribution in [3.05, 3.63) is 64.1 Å². The van der Waals surface area contributed by atoms with Gasteiger partial charge in [0.2, 0.25) is 0 Å². The molecule has 100 valence electrons. The average Bonchev–Trinajstić information content (AvgIpc) is 2.85. The second kappa shape index (κ2) is 5.31. The number of halogens is 2. The highest BCUT2D eigenvalue weighted by molar-refractivity contribution is 9.10. The molecule has 5 heteroatoms. The smallest absolute Gasteiger partial charge is 0.127 e. The topological polar surface area (TPSA) is 43.8 Å². The molecule has 20 heavy (non-hydrogen) atoms. The van der Waals surface area contributed by atoms with Gasteiger partial charge < -0.3 is 5.73 Å². The Hall–Kier alpha value is -1.78. The number of rotatable bonds is 2. The number of nitrogen functional groups attached to an aromatic ring is 1. The summed E-state index contributed by atoms with van der Waals surface area (Å²) in [5, 5.41) is 5.22. The first kappa shape index (κ1) is 13.2. The number of nitrogens with two attached hydrogens (primary N) is 1. The summed E-state index contributed by atoms with van der Waals surface area (Å²) in [6, 6.07) is 17.3. The minimum atomic E-state index is 0.595. The quantitative estimate of drug-likeness (QED) is 0.739. The average molecular weight is 349 g/mol. The van der Waals surface area contributed by atoms with E-state index in [1.165, 1.54) is 0 Å². The zero-order valence-corrected chi connectivity index (χ0v) is 12.8. The first-order chi connectivity index (χ1) is 9.65. The van der Waals surface area contributed by atoms with Gasteiger partial charge in [0.25, 0.3) is 0 Å². The molecular formula is C15H11BrClN3. The minimum Gasteiger partial charge on any atom is -0.384 e. The lowest BCUT2D eigenvalue weighted by molar-refractivity contribution is 0.895. The third kappa shape index (κ3) is 2.44. The molecule has 2 N–H and O–H groups in total. The number of anilines is 1. The van der Waals surface area contributed by atoms with Crippen LogP contribution in [0.2, 0.25) is 5.02 Å². The number of aromatic nitrogens is 2. The van der Waals surface area contributed by atoms with Gasteiger partial charge in [-0.3, -0.25) is 0 Å². The summed E-state index contributed by atoms with van der Waals surface area (Å²) in [4.78, 5) is 0. The van der Waals surface area contributed by atoms with Crippen molar-refractivity contribution in [2.45, 2.75) is 0 Å². The molecule has 0 unspecified atom stereocenters. The van der Waals surface area contributed by atoms with Crippen LogP contribution >= 0.6 is 27.5 Å². The van der Waals surface area contributed by atoms with Gasteiger partial charge in [-0.15, -0.1) is 0 Å². The Balaban J connectivity index is 2.06. The highest BCUT2D eigenvalue weighted by Gasteiger charge is 2.09. The molecule has 3 aromatic rings. The second-order valence-electron chi connectivity index (χ2n) is 4.33. The standard InChI is InChI=1S/C15H11BrClN3/c16-12-8-10(6-7-13(12)17)14-9-15(18)20(19-14)11-4-2-1-3-5-11/h1-9H,18H2. The van der Waals surface area contributed by atoms with Crippen molar-refractivity contribution in [2.75, 3.05) is 5.73 Å². The van der Waals surface area contributed by atoms with Gasteiger partial charge in [0.1, 0.15) is 5.82 Å². The molecule has 1 heterocycles. The van der Waals surface area contributed by atoms with Gasteiger partial charge in [-0.1, -0.05) is 35.9 Å². The van der Waals surface area contributed by atoms with E-state index in [1.54, 1.807) is 4.68 Å². The van der Waals surface area contributed by atoms with Crippen molar-refractivity contribution in [2.24, 2.45) is 0 Å². The summed E-state index contributed by atoms with van der Waals surface area (Å²) in [6.45, 7) is 0. The third-order valence-corrected chi connectivity index (χ3v) is 4.17. The van der Waals surface area contributed by atoms with Crippen LogP contribution in [-0.4, -0.2) is 9.78 Å². The predicted molar refractivity (Wildman–Crippen MR) is 86.1 cm³/mol. The molecule has 0 aliphatic heterocycles. The molecule has 0 saturated carbocycles. The predicted octanol–water partition coefficient (Wildman–Crippen LogP) is 4.54. The Bertz CT molecular complexity index is 753. The molecule has 0 radical (unpaired) electrons. The van der Waals surface area contributed by atoms with Gasteiger partial charge in [-0.25, -0.2) is 4.68 Å². The lowest BCUT2D eigenvalue weighted by Gasteiger charge is -2.03. The van der Waals surface area contributed by atoms with Crippen LogP contribution in [0.5, 0.6) is 0 Å². The molecule has 0 atom stereocenters. The first-order valence-electron chi connectivity index (χ1n) is 6.01. The van der Waals surface area contributed by atoms with Gasteiger partial charge in [0.05, 0.1) is 16.4 Å². The van der Waals surface area contributed by atoms with Crippen LogP contribution in [-0.2, 0) is 0 Å². The van der Waals surface area contributed by atoms with Crippen molar-refractivity contribution < 1.29 is 0 Å². The van der Waals surface area contributed by atoms with E-state index in [1.807, 2.05) is 54.6 Å². The number of benzene rings is 2. The Kier molecular flexibility index (Phi) is 3.51. The fraction of sp³-hybridized carbons (Fsp3) is 0. The Morgan fingerprint density at radius 3 is 2.50 bits per heavy atom. The van der Waals surface area contributed by atoms with Crippen LogP contribution in [0.1, 0.15) is 0 Å². The summed E-state index contributed by atoms with van der Waals surface area (Å²) in [7, 11) is 0. The Morgan fingerprint density at radius 1 is 1.05 bits per heavy atom. The number of hydrogen-bond acceptors (Lipinski definition) is 2. The second-order valence-corrected chi connectivity index (χ2v) is 5.59. The lowest BCUT2D eigenvalue weighted by atomic mass is 10.1. The van der Waals surface area contributed by atoms with Crippen LogP contribution in [0.15, 0.2) is 59.1 Å². The van der Waals surface area contributed by atoms with Crippen molar-refractivity contribution in [1.29, 1.82) is 0 Å². The fourth-order valence-electron chi connectivity index (χ4n) is 1.97. The molecule has 0 spiro atoms. The molecule has 0 aliphatic rings. The number of para-hydroxylation sites is 1. The maximum Gasteiger partial charge on any atom is 0.127 e. The minimum absolute atomic E-state index is 0.595. The molecule has 0 saturated heterocycles. The molecular weight excluding hydrogens is 338 g/mol. The molecule has 0 amide bonds. The normalized spacial score (nSPS) is 10.7. The van der Waals surface area contributed by atoms with Crippen molar-refractivity contribution in [3.8, 4) is 16.9 Å². The number of nitrogens with zero attached hydrogens (tertiary/aromatic N) is 2. The highest BCUT2D eigenvalue weighted by atomic mass is 79.9. The zero-order valence-electron chi connectivity index (χ0n) is 10.4. The van der Waals surface area contributed by atoms with Crippen molar-refractivity contribution in [3.63, 3.8) is 0 Å². The van der Waals surface area contributed by atoms with Crippen molar-refractivity contribution in [1.82, 2.24) is 9.78 Å². The van der Waals surface area contributed by atoms with Crippen LogP contribution in [0.4, 0.5) is 5.82 Å². The number of hydrogen-bond donors (Lipinski definition) is 1. The van der Waals surface area contributed by atoms with E-state index in [2.05, 4.69) is 21.0 Å². The van der Waals surface area contributed by atoms with Crippen LogP contribution in [0, 0.1) is 0 Å². The molecule has 2 aromatic carbocycles. The van der Waals surface area contributed by atoms with E-state index in [-0.39, 0.29) is 0 Å². The maximum atomic E-state index is 6.04. The Labute approximate surface area is 130 Å². The van der Waals surface area contributed by atoms with E-state index < -0.39 is 0 Å². The van der Waals surface area contributed by atoms with E-state index in [9.17, 15) is 0 Å². The van der Waals surface area contributed by atoms with E-state index >= 15 is 0 Å². The van der Waals surface area contributed by atoms with E-state index in [4.69, 9.17) is 17.3 Å². The largest absolute Gasteiger partial charge is 0.384 e. The summed E-state index contributed by atoms with van der Waals surface area (Å²) < 4.78 is 2.56. The van der Waals surface area contributed by atoms with Gasteiger partial charge in [-0.2, -0.15) is 5.10 Å². The zero-order chi connectivity index (χ0) is 14.1. The Morgan fingerprint density at radius 2 is 1.80 bits per heavy atom. The van der Waals surface area contributed by atoms with E-state index in [0.29, 0.717) is 10.8 Å². The molecule has 0 bridgehead atoms. The molecule has 0 aliphatic carbocycles. The van der Waals surface area contributed by atoms with Gasteiger partial charge in [0, 0.05) is 16.1 Å². The molecule has 3 rings (SSSR count). The van der Waals surface area contributed by atoms with Crippen LogP contribution in [0.3, 0.4) is 0 Å². The van der Waals surface area contributed by atoms with Crippen molar-refractivity contribution >= 4 is 33.3 Å². The first-order valence-corrected chi connectivity index (χ1v) is 7.18.